The van der Waals surface area contributed by atoms with Crippen molar-refractivity contribution < 1.29 is 9.53 Å². The molecule has 0 saturated heterocycles. The van der Waals surface area contributed by atoms with Gasteiger partial charge in [-0.15, -0.1) is 0 Å². The molecule has 0 aliphatic carbocycles. The van der Waals surface area contributed by atoms with Crippen molar-refractivity contribution in [3.8, 4) is 0 Å². The van der Waals surface area contributed by atoms with Gasteiger partial charge in [0.05, 0.1) is 7.11 Å². The quantitative estimate of drug-likeness (QED) is 0.877. The molecule has 2 rings (SSSR count). The van der Waals surface area contributed by atoms with Crippen molar-refractivity contribution >= 4 is 23.4 Å². The van der Waals surface area contributed by atoms with Gasteiger partial charge in [-0.3, -0.25) is 0 Å². The van der Waals surface area contributed by atoms with Gasteiger partial charge in [0.15, 0.2) is 0 Å². The predicted molar refractivity (Wildman–Crippen MR) is 81.6 cm³/mol. The van der Waals surface area contributed by atoms with Crippen LogP contribution < -0.4 is 5.32 Å². The third kappa shape index (κ3) is 3.92. The van der Waals surface area contributed by atoms with Crippen LogP contribution in [0.1, 0.15) is 34.8 Å². The molecule has 0 aliphatic rings. The molecule has 1 heterocycles. The van der Waals surface area contributed by atoms with Gasteiger partial charge < -0.3 is 10.1 Å². The van der Waals surface area contributed by atoms with E-state index in [9.17, 15) is 4.79 Å². The molecule has 0 bridgehead atoms. The summed E-state index contributed by atoms with van der Waals surface area (Å²) in [7, 11) is 1.30. The first-order valence-corrected chi connectivity index (χ1v) is 6.83. The van der Waals surface area contributed by atoms with Crippen molar-refractivity contribution in [2.75, 3.05) is 12.4 Å². The molecule has 0 radical (unpaired) electrons. The standard InChI is InChI=1S/C15H16ClN3O2/c1-9-7-13(19-14(17-9)15(20)21-3)18-10(2)11-5-4-6-12(16)8-11/h4-8,10H,1-3H3,(H,17,18,19). The number of ether oxygens (including phenoxy) is 1. The summed E-state index contributed by atoms with van der Waals surface area (Å²) < 4.78 is 4.64. The van der Waals surface area contributed by atoms with Crippen molar-refractivity contribution in [2.45, 2.75) is 19.9 Å². The van der Waals surface area contributed by atoms with Gasteiger partial charge in [-0.1, -0.05) is 23.7 Å². The minimum Gasteiger partial charge on any atom is -0.463 e. The minimum absolute atomic E-state index is 0.0107. The number of benzene rings is 1. The Morgan fingerprint density at radius 3 is 2.76 bits per heavy atom. The molecule has 1 aromatic heterocycles. The van der Waals surface area contributed by atoms with Gasteiger partial charge in [-0.05, 0) is 31.5 Å². The number of aryl methyl sites for hydroxylation is 1. The van der Waals surface area contributed by atoms with Crippen LogP contribution in [0.3, 0.4) is 0 Å². The number of carbonyl (C=O) groups excluding carboxylic acids is 1. The summed E-state index contributed by atoms with van der Waals surface area (Å²) in [5.41, 5.74) is 1.71. The molecule has 1 atom stereocenters. The van der Waals surface area contributed by atoms with E-state index in [0.717, 1.165) is 5.56 Å². The van der Waals surface area contributed by atoms with Gasteiger partial charge in [0.25, 0.3) is 0 Å². The first-order valence-electron chi connectivity index (χ1n) is 6.45. The molecule has 110 valence electrons. The number of hydrogen-bond donors (Lipinski definition) is 1. The lowest BCUT2D eigenvalue weighted by Crippen LogP contribution is -2.13. The summed E-state index contributed by atoms with van der Waals surface area (Å²) in [4.78, 5) is 19.7. The van der Waals surface area contributed by atoms with Gasteiger partial charge in [0, 0.05) is 22.8 Å². The average Bonchev–Trinajstić information content (AvgIpc) is 2.45. The van der Waals surface area contributed by atoms with E-state index in [1.54, 1.807) is 13.0 Å². The van der Waals surface area contributed by atoms with Crippen LogP contribution in [0.4, 0.5) is 5.82 Å². The number of hydrogen-bond acceptors (Lipinski definition) is 5. The number of nitrogens with zero attached hydrogens (tertiary/aromatic N) is 2. The van der Waals surface area contributed by atoms with E-state index in [-0.39, 0.29) is 11.9 Å². The maximum atomic E-state index is 11.5. The van der Waals surface area contributed by atoms with E-state index in [0.29, 0.717) is 16.5 Å². The van der Waals surface area contributed by atoms with Crippen LogP contribution >= 0.6 is 11.6 Å². The van der Waals surface area contributed by atoms with Crippen LogP contribution in [-0.2, 0) is 4.74 Å². The fourth-order valence-corrected chi connectivity index (χ4v) is 2.10. The predicted octanol–water partition coefficient (Wildman–Crippen LogP) is 3.40. The van der Waals surface area contributed by atoms with Crippen LogP contribution in [0.5, 0.6) is 0 Å². The van der Waals surface area contributed by atoms with Gasteiger partial charge in [0.2, 0.25) is 5.82 Å². The van der Waals surface area contributed by atoms with E-state index in [1.165, 1.54) is 7.11 Å². The van der Waals surface area contributed by atoms with Crippen molar-refractivity contribution in [2.24, 2.45) is 0 Å². The number of anilines is 1. The lowest BCUT2D eigenvalue weighted by atomic mass is 10.1. The Hall–Kier alpha value is -2.14. The van der Waals surface area contributed by atoms with E-state index in [1.807, 2.05) is 31.2 Å². The number of rotatable bonds is 4. The van der Waals surface area contributed by atoms with Gasteiger partial charge in [0.1, 0.15) is 5.82 Å². The number of halogens is 1. The zero-order valence-corrected chi connectivity index (χ0v) is 12.8. The minimum atomic E-state index is -0.558. The lowest BCUT2D eigenvalue weighted by molar-refractivity contribution is 0.0586. The van der Waals surface area contributed by atoms with Crippen LogP contribution in [0.15, 0.2) is 30.3 Å². The highest BCUT2D eigenvalue weighted by Gasteiger charge is 2.13. The molecule has 1 aromatic carbocycles. The summed E-state index contributed by atoms with van der Waals surface area (Å²) in [6, 6.07) is 9.33. The Morgan fingerprint density at radius 2 is 2.10 bits per heavy atom. The molecule has 0 amide bonds. The maximum Gasteiger partial charge on any atom is 0.376 e. The summed E-state index contributed by atoms with van der Waals surface area (Å²) in [5.74, 6) is 0.0471. The summed E-state index contributed by atoms with van der Waals surface area (Å²) in [6.45, 7) is 3.78. The van der Waals surface area contributed by atoms with Crippen LogP contribution in [-0.4, -0.2) is 23.0 Å². The van der Waals surface area contributed by atoms with Gasteiger partial charge in [-0.25, -0.2) is 14.8 Å². The van der Waals surface area contributed by atoms with E-state index in [4.69, 9.17) is 11.6 Å². The zero-order chi connectivity index (χ0) is 15.4. The Bertz CT molecular complexity index is 661. The molecule has 1 unspecified atom stereocenters. The Balaban J connectivity index is 2.23. The molecule has 21 heavy (non-hydrogen) atoms. The molecule has 2 aromatic rings. The van der Waals surface area contributed by atoms with Gasteiger partial charge in [-0.2, -0.15) is 0 Å². The highest BCUT2D eigenvalue weighted by atomic mass is 35.5. The molecular formula is C15H16ClN3O2. The highest BCUT2D eigenvalue weighted by molar-refractivity contribution is 6.30. The van der Waals surface area contributed by atoms with Crippen LogP contribution in [0.2, 0.25) is 5.02 Å². The SMILES string of the molecule is COC(=O)c1nc(C)cc(NC(C)c2cccc(Cl)c2)n1. The third-order valence-corrected chi connectivity index (χ3v) is 3.17. The van der Waals surface area contributed by atoms with Crippen LogP contribution in [0, 0.1) is 6.92 Å². The Labute approximate surface area is 128 Å². The van der Waals surface area contributed by atoms with Crippen LogP contribution in [0.25, 0.3) is 0 Å². The summed E-state index contributed by atoms with van der Waals surface area (Å²) in [5, 5.41) is 3.90. The molecule has 0 aliphatic heterocycles. The zero-order valence-electron chi connectivity index (χ0n) is 12.1. The molecule has 5 nitrogen and oxygen atoms in total. The van der Waals surface area contributed by atoms with Crippen molar-refractivity contribution in [3.05, 3.63) is 52.4 Å². The fourth-order valence-electron chi connectivity index (χ4n) is 1.91. The second-order valence-corrected chi connectivity index (χ2v) is 5.07. The monoisotopic (exact) mass is 305 g/mol. The number of methoxy groups -OCH3 is 1. The van der Waals surface area contributed by atoms with Crippen molar-refractivity contribution in [1.29, 1.82) is 0 Å². The van der Waals surface area contributed by atoms with E-state index < -0.39 is 5.97 Å². The number of aromatic nitrogens is 2. The van der Waals surface area contributed by atoms with Gasteiger partial charge >= 0.3 is 5.97 Å². The second-order valence-electron chi connectivity index (χ2n) is 4.63. The lowest BCUT2D eigenvalue weighted by Gasteiger charge is -2.16. The molecule has 6 heteroatoms. The van der Waals surface area contributed by atoms with Crippen molar-refractivity contribution in [3.63, 3.8) is 0 Å². The van der Waals surface area contributed by atoms with Crippen molar-refractivity contribution in [1.82, 2.24) is 9.97 Å². The number of esters is 1. The highest BCUT2D eigenvalue weighted by Crippen LogP contribution is 2.21. The Morgan fingerprint density at radius 1 is 1.33 bits per heavy atom. The largest absolute Gasteiger partial charge is 0.463 e. The maximum absolute atomic E-state index is 11.5. The average molecular weight is 306 g/mol. The topological polar surface area (TPSA) is 64.1 Å². The smallest absolute Gasteiger partial charge is 0.376 e. The third-order valence-electron chi connectivity index (χ3n) is 2.94. The molecular weight excluding hydrogens is 290 g/mol. The molecule has 0 fully saturated rings. The van der Waals surface area contributed by atoms with E-state index in [2.05, 4.69) is 20.0 Å². The molecule has 1 N–H and O–H groups in total. The first-order chi connectivity index (χ1) is 9.99. The normalized spacial score (nSPS) is 11.8. The second kappa shape index (κ2) is 6.54. The van der Waals surface area contributed by atoms with E-state index >= 15 is 0 Å². The summed E-state index contributed by atoms with van der Waals surface area (Å²) >= 11 is 5.99. The molecule has 0 saturated carbocycles. The fraction of sp³-hybridized carbons (Fsp3) is 0.267. The first kappa shape index (κ1) is 15.3. The molecule has 0 spiro atoms. The Kier molecular flexibility index (Phi) is 4.75. The summed E-state index contributed by atoms with van der Waals surface area (Å²) in [6.07, 6.45) is 0. The number of nitrogens with one attached hydrogen (secondary N) is 1. The number of carbonyl (C=O) groups is 1.